The molecule has 0 N–H and O–H groups in total. The molecule has 10 aromatic rings. The van der Waals surface area contributed by atoms with Gasteiger partial charge in [0.15, 0.2) is 17.5 Å². The maximum atomic E-state index is 4.97. The van der Waals surface area contributed by atoms with E-state index in [1.165, 1.54) is 54.1 Å². The van der Waals surface area contributed by atoms with Crippen LogP contribution in [0.4, 0.5) is 0 Å². The molecule has 228 valence electrons. The van der Waals surface area contributed by atoms with Gasteiger partial charge in [-0.05, 0) is 57.3 Å². The molecule has 0 radical (unpaired) electrons. The molecule has 4 heteroatoms. The van der Waals surface area contributed by atoms with Crippen molar-refractivity contribution in [3.05, 3.63) is 170 Å². The molecule has 49 heavy (non-hydrogen) atoms. The molecule has 8 aromatic carbocycles. The highest BCUT2D eigenvalue weighted by molar-refractivity contribution is 6.35. The van der Waals surface area contributed by atoms with Crippen molar-refractivity contribution in [3.63, 3.8) is 0 Å². The number of rotatable bonds is 4. The van der Waals surface area contributed by atoms with E-state index in [2.05, 4.69) is 114 Å². The molecule has 0 aliphatic heterocycles. The monoisotopic (exact) mass is 624 g/mol. The molecule has 4 nitrogen and oxygen atoms in total. The molecule has 0 amide bonds. The maximum absolute atomic E-state index is 4.97. The number of hydrogen-bond acceptors (Lipinski definition) is 3. The van der Waals surface area contributed by atoms with Gasteiger partial charge in [0, 0.05) is 38.5 Å². The van der Waals surface area contributed by atoms with Gasteiger partial charge < -0.3 is 4.57 Å². The Morgan fingerprint density at radius 3 is 1.45 bits per heavy atom. The molecule has 0 saturated carbocycles. The van der Waals surface area contributed by atoms with E-state index in [0.29, 0.717) is 17.5 Å². The van der Waals surface area contributed by atoms with Crippen LogP contribution in [-0.2, 0) is 0 Å². The number of nitrogens with zero attached hydrogens (tertiary/aromatic N) is 4. The Balaban J connectivity index is 1.22. The highest BCUT2D eigenvalue weighted by Gasteiger charge is 2.20. The molecule has 0 saturated heterocycles. The minimum Gasteiger partial charge on any atom is -0.309 e. The first-order valence-electron chi connectivity index (χ1n) is 16.5. The van der Waals surface area contributed by atoms with Gasteiger partial charge in [0.05, 0.1) is 11.0 Å². The Labute approximate surface area is 282 Å². The fraction of sp³-hybridized carbons (Fsp3) is 0. The maximum Gasteiger partial charge on any atom is 0.164 e. The fourth-order valence-electron chi connectivity index (χ4n) is 7.41. The lowest BCUT2D eigenvalue weighted by atomic mass is 9.93. The van der Waals surface area contributed by atoms with Crippen LogP contribution in [0, 0.1) is 0 Å². The van der Waals surface area contributed by atoms with Crippen LogP contribution in [0.15, 0.2) is 170 Å². The topological polar surface area (TPSA) is 43.6 Å². The van der Waals surface area contributed by atoms with E-state index in [4.69, 9.17) is 15.0 Å². The van der Waals surface area contributed by atoms with Crippen molar-refractivity contribution >= 4 is 54.1 Å². The summed E-state index contributed by atoms with van der Waals surface area (Å²) < 4.78 is 2.43. The first-order valence-corrected chi connectivity index (χ1v) is 16.5. The average Bonchev–Trinajstić information content (AvgIpc) is 3.54. The number of para-hydroxylation sites is 1. The van der Waals surface area contributed by atoms with Crippen molar-refractivity contribution in [1.82, 2.24) is 19.5 Å². The normalized spacial score (nSPS) is 11.7. The summed E-state index contributed by atoms with van der Waals surface area (Å²) in [6, 6.07) is 59.7. The standard InChI is InChI=1S/C45H28N4/c1-3-14-30(15-4-1)43-46-44(31-16-5-2-6-17-31)48-45(47-43)32-23-26-33(27-24-32)49-39-22-12-11-21-37(39)41-36-20-10-9-19-35(36)40-34-18-8-7-13-29(34)25-28-38(40)42(41)49/h1-28H. The Kier molecular flexibility index (Phi) is 6.15. The predicted molar refractivity (Wildman–Crippen MR) is 203 cm³/mol. The number of fused-ring (bicyclic) bond motifs is 10. The first kappa shape index (κ1) is 27.5. The Bertz CT molecular complexity index is 2800. The summed E-state index contributed by atoms with van der Waals surface area (Å²) in [6.07, 6.45) is 0. The summed E-state index contributed by atoms with van der Waals surface area (Å²) in [5.41, 5.74) is 6.32. The van der Waals surface area contributed by atoms with E-state index in [0.717, 1.165) is 22.4 Å². The van der Waals surface area contributed by atoms with E-state index >= 15 is 0 Å². The second-order valence-electron chi connectivity index (χ2n) is 12.4. The largest absolute Gasteiger partial charge is 0.309 e. The smallest absolute Gasteiger partial charge is 0.164 e. The number of aromatic nitrogens is 4. The molecule has 10 rings (SSSR count). The third kappa shape index (κ3) is 4.35. The van der Waals surface area contributed by atoms with Crippen LogP contribution < -0.4 is 0 Å². The number of benzene rings is 8. The van der Waals surface area contributed by atoms with Gasteiger partial charge in [-0.25, -0.2) is 15.0 Å². The summed E-state index contributed by atoms with van der Waals surface area (Å²) >= 11 is 0. The molecule has 0 aliphatic rings. The zero-order chi connectivity index (χ0) is 32.3. The van der Waals surface area contributed by atoms with Crippen molar-refractivity contribution in [2.45, 2.75) is 0 Å². The van der Waals surface area contributed by atoms with E-state index in [1.54, 1.807) is 0 Å². The fourth-order valence-corrected chi connectivity index (χ4v) is 7.41. The highest BCUT2D eigenvalue weighted by atomic mass is 15.0. The van der Waals surface area contributed by atoms with Crippen molar-refractivity contribution in [2.24, 2.45) is 0 Å². The summed E-state index contributed by atoms with van der Waals surface area (Å²) in [5, 5.41) is 10.1. The second-order valence-corrected chi connectivity index (χ2v) is 12.4. The molecular formula is C45H28N4. The van der Waals surface area contributed by atoms with Crippen molar-refractivity contribution in [1.29, 1.82) is 0 Å². The lowest BCUT2D eigenvalue weighted by Crippen LogP contribution is -2.00. The van der Waals surface area contributed by atoms with Crippen LogP contribution in [0.2, 0.25) is 0 Å². The van der Waals surface area contributed by atoms with E-state index in [1.807, 2.05) is 60.7 Å². The Morgan fingerprint density at radius 1 is 0.327 bits per heavy atom. The molecule has 2 aromatic heterocycles. The van der Waals surface area contributed by atoms with Gasteiger partial charge >= 0.3 is 0 Å². The summed E-state index contributed by atoms with van der Waals surface area (Å²) in [7, 11) is 0. The molecule has 0 unspecified atom stereocenters. The SMILES string of the molecule is c1ccc(-c2nc(-c3ccccc3)nc(-c3ccc(-n4c5ccccc5c5c6ccccc6c6c7ccccc7ccc6c54)cc3)n2)cc1. The summed E-state index contributed by atoms with van der Waals surface area (Å²) in [5.74, 6) is 1.95. The van der Waals surface area contributed by atoms with Crippen molar-refractivity contribution < 1.29 is 0 Å². The van der Waals surface area contributed by atoms with E-state index < -0.39 is 0 Å². The van der Waals surface area contributed by atoms with Gasteiger partial charge in [0.1, 0.15) is 0 Å². The van der Waals surface area contributed by atoms with E-state index in [9.17, 15) is 0 Å². The molecule has 0 atom stereocenters. The van der Waals surface area contributed by atoms with Gasteiger partial charge in [-0.15, -0.1) is 0 Å². The van der Waals surface area contributed by atoms with Gasteiger partial charge in [0.25, 0.3) is 0 Å². The number of hydrogen-bond donors (Lipinski definition) is 0. The second kappa shape index (κ2) is 11.0. The molecule has 0 bridgehead atoms. The predicted octanol–water partition coefficient (Wildman–Crippen LogP) is 11.4. The summed E-state index contributed by atoms with van der Waals surface area (Å²) in [4.78, 5) is 14.8. The molecule has 2 heterocycles. The van der Waals surface area contributed by atoms with Crippen LogP contribution >= 0.6 is 0 Å². The van der Waals surface area contributed by atoms with Crippen LogP contribution in [0.5, 0.6) is 0 Å². The zero-order valence-corrected chi connectivity index (χ0v) is 26.5. The van der Waals surface area contributed by atoms with Crippen molar-refractivity contribution in [3.8, 4) is 39.9 Å². The molecular weight excluding hydrogens is 597 g/mol. The average molecular weight is 625 g/mol. The van der Waals surface area contributed by atoms with Gasteiger partial charge in [-0.2, -0.15) is 0 Å². The highest BCUT2D eigenvalue weighted by Crippen LogP contribution is 2.44. The van der Waals surface area contributed by atoms with Crippen LogP contribution in [0.1, 0.15) is 0 Å². The first-order chi connectivity index (χ1) is 24.3. The third-order valence-electron chi connectivity index (χ3n) is 9.61. The minimum atomic E-state index is 0.643. The quantitative estimate of drug-likeness (QED) is 0.183. The van der Waals surface area contributed by atoms with Crippen molar-refractivity contribution in [2.75, 3.05) is 0 Å². The molecule has 0 fully saturated rings. The summed E-state index contributed by atoms with van der Waals surface area (Å²) in [6.45, 7) is 0. The van der Waals surface area contributed by atoms with Crippen LogP contribution in [-0.4, -0.2) is 19.5 Å². The lowest BCUT2D eigenvalue weighted by Gasteiger charge is -2.14. The molecule has 0 aliphatic carbocycles. The van der Waals surface area contributed by atoms with Gasteiger partial charge in [0.2, 0.25) is 0 Å². The van der Waals surface area contributed by atoms with Crippen LogP contribution in [0.25, 0.3) is 94.0 Å². The lowest BCUT2D eigenvalue weighted by molar-refractivity contribution is 1.07. The van der Waals surface area contributed by atoms with Crippen LogP contribution in [0.3, 0.4) is 0 Å². The third-order valence-corrected chi connectivity index (χ3v) is 9.61. The van der Waals surface area contributed by atoms with Gasteiger partial charge in [-0.1, -0.05) is 140 Å². The van der Waals surface area contributed by atoms with Gasteiger partial charge in [-0.3, -0.25) is 0 Å². The molecule has 0 spiro atoms. The Morgan fingerprint density at radius 2 is 0.816 bits per heavy atom. The minimum absolute atomic E-state index is 0.643. The zero-order valence-electron chi connectivity index (χ0n) is 26.5. The van der Waals surface area contributed by atoms with E-state index in [-0.39, 0.29) is 0 Å². The Hall–Kier alpha value is -6.65.